The van der Waals surface area contributed by atoms with Crippen LogP contribution in [0.15, 0.2) is 146 Å². The average Bonchev–Trinajstić information content (AvgIpc) is 3.29. The Morgan fingerprint density at radius 3 is 1.17 bits per heavy atom. The van der Waals surface area contributed by atoms with Crippen molar-refractivity contribution < 1.29 is 28.6 Å². The molecule has 0 N–H and O–H groups in total. The monoisotopic (exact) mass is 881 g/mol. The molecular weight excluding hydrogens is 793 g/mol. The van der Waals surface area contributed by atoms with Crippen LogP contribution in [0.5, 0.6) is 0 Å². The summed E-state index contributed by atoms with van der Waals surface area (Å²) in [6.07, 6.45) is 72.6. The van der Waals surface area contributed by atoms with Gasteiger partial charge in [0.25, 0.3) is 0 Å². The first-order chi connectivity index (χ1) is 31.5. The summed E-state index contributed by atoms with van der Waals surface area (Å²) < 4.78 is 16.7. The van der Waals surface area contributed by atoms with E-state index in [1.165, 1.54) is 51.4 Å². The summed E-state index contributed by atoms with van der Waals surface area (Å²) in [4.78, 5) is 37.9. The smallest absolute Gasteiger partial charge is 0.306 e. The van der Waals surface area contributed by atoms with Crippen molar-refractivity contribution in [1.82, 2.24) is 0 Å². The highest BCUT2D eigenvalue weighted by molar-refractivity contribution is 5.71. The van der Waals surface area contributed by atoms with Crippen LogP contribution >= 0.6 is 0 Å². The maximum absolute atomic E-state index is 12.7. The molecule has 0 saturated heterocycles. The van der Waals surface area contributed by atoms with Crippen molar-refractivity contribution in [2.24, 2.45) is 0 Å². The van der Waals surface area contributed by atoms with E-state index in [9.17, 15) is 14.4 Å². The summed E-state index contributed by atoms with van der Waals surface area (Å²) in [5.41, 5.74) is 0. The van der Waals surface area contributed by atoms with Crippen molar-refractivity contribution in [3.63, 3.8) is 0 Å². The van der Waals surface area contributed by atoms with Crippen molar-refractivity contribution in [2.45, 2.75) is 187 Å². The van der Waals surface area contributed by atoms with Crippen LogP contribution in [0.1, 0.15) is 181 Å². The molecule has 0 aromatic rings. The molecule has 0 amide bonds. The maximum Gasteiger partial charge on any atom is 0.306 e. The predicted octanol–water partition coefficient (Wildman–Crippen LogP) is 16.5. The molecule has 64 heavy (non-hydrogen) atoms. The molecule has 0 aliphatic carbocycles. The number of hydrogen-bond acceptors (Lipinski definition) is 6. The van der Waals surface area contributed by atoms with Gasteiger partial charge >= 0.3 is 17.9 Å². The van der Waals surface area contributed by atoms with Gasteiger partial charge in [0, 0.05) is 19.3 Å². The molecule has 0 aliphatic heterocycles. The molecule has 1 unspecified atom stereocenters. The Hall–Kier alpha value is -4.71. The lowest BCUT2D eigenvalue weighted by atomic mass is 10.1. The van der Waals surface area contributed by atoms with E-state index < -0.39 is 12.1 Å². The summed E-state index contributed by atoms with van der Waals surface area (Å²) >= 11 is 0. The van der Waals surface area contributed by atoms with Crippen molar-refractivity contribution in [3.8, 4) is 0 Å². The van der Waals surface area contributed by atoms with Gasteiger partial charge in [-0.2, -0.15) is 0 Å². The lowest BCUT2D eigenvalue weighted by Crippen LogP contribution is -2.30. The Balaban J connectivity index is 4.62. The Bertz CT molecular complexity index is 1480. The number of rotatable bonds is 42. The van der Waals surface area contributed by atoms with E-state index in [0.29, 0.717) is 19.3 Å². The van der Waals surface area contributed by atoms with Crippen LogP contribution in [-0.4, -0.2) is 37.2 Å². The summed E-state index contributed by atoms with van der Waals surface area (Å²) in [6, 6.07) is 0. The molecule has 0 spiro atoms. The molecule has 1 atom stereocenters. The topological polar surface area (TPSA) is 78.9 Å². The SMILES string of the molecule is CC\C=C/C=C\C=C/C=C\C=C\C=C/C=C\CCCCCC(=O)OCC(COC(=O)CCCCCCCCCCCCC)OC(=O)CC/C=C\C/C=C\C/C=C\C/C=C\C/C=C\CC. The van der Waals surface area contributed by atoms with Gasteiger partial charge in [0.05, 0.1) is 0 Å². The first kappa shape index (κ1) is 59.3. The fourth-order valence-electron chi connectivity index (χ4n) is 6.12. The number of unbranched alkanes of at least 4 members (excludes halogenated alkanes) is 13. The minimum Gasteiger partial charge on any atom is -0.462 e. The second kappa shape index (κ2) is 50.9. The van der Waals surface area contributed by atoms with Crippen molar-refractivity contribution in [1.29, 1.82) is 0 Å². The summed E-state index contributed by atoms with van der Waals surface area (Å²) in [5, 5.41) is 0. The number of ether oxygens (including phenoxy) is 3. The third-order valence-electron chi connectivity index (χ3n) is 9.80. The largest absolute Gasteiger partial charge is 0.462 e. The molecule has 356 valence electrons. The van der Waals surface area contributed by atoms with Crippen LogP contribution in [0.3, 0.4) is 0 Å². The number of allylic oxidation sites excluding steroid dienone is 24. The third kappa shape index (κ3) is 48.3. The van der Waals surface area contributed by atoms with Crippen LogP contribution in [0.4, 0.5) is 0 Å². The molecule has 6 heteroatoms. The highest BCUT2D eigenvalue weighted by Gasteiger charge is 2.19. The van der Waals surface area contributed by atoms with E-state index in [1.54, 1.807) is 0 Å². The van der Waals surface area contributed by atoms with Gasteiger partial charge < -0.3 is 14.2 Å². The number of esters is 3. The number of hydrogen-bond donors (Lipinski definition) is 0. The molecule has 0 rings (SSSR count). The van der Waals surface area contributed by atoms with Crippen LogP contribution in [0.25, 0.3) is 0 Å². The number of carbonyl (C=O) groups is 3. The molecule has 0 aromatic carbocycles. The van der Waals surface area contributed by atoms with Crippen LogP contribution in [0, 0.1) is 0 Å². The van der Waals surface area contributed by atoms with E-state index in [1.807, 2.05) is 85.1 Å². The lowest BCUT2D eigenvalue weighted by molar-refractivity contribution is -0.166. The van der Waals surface area contributed by atoms with E-state index in [2.05, 4.69) is 81.5 Å². The normalized spacial score (nSPS) is 13.4. The third-order valence-corrected chi connectivity index (χ3v) is 9.80. The second-order valence-electron chi connectivity index (χ2n) is 15.8. The fraction of sp³-hybridized carbons (Fsp3) is 0.534. The Labute approximate surface area is 391 Å². The maximum atomic E-state index is 12.7. The first-order valence-corrected chi connectivity index (χ1v) is 24.9. The molecule has 0 aromatic heterocycles. The zero-order chi connectivity index (χ0) is 46.5. The van der Waals surface area contributed by atoms with Gasteiger partial charge in [-0.3, -0.25) is 14.4 Å². The minimum absolute atomic E-state index is 0.128. The molecule has 6 nitrogen and oxygen atoms in total. The zero-order valence-electron chi connectivity index (χ0n) is 40.5. The molecule has 0 fully saturated rings. The van der Waals surface area contributed by atoms with Gasteiger partial charge in [-0.1, -0.05) is 237 Å². The van der Waals surface area contributed by atoms with Crippen LogP contribution in [0.2, 0.25) is 0 Å². The van der Waals surface area contributed by atoms with E-state index in [4.69, 9.17) is 14.2 Å². The van der Waals surface area contributed by atoms with E-state index in [-0.39, 0.29) is 38.0 Å². The summed E-state index contributed by atoms with van der Waals surface area (Å²) in [6.45, 7) is 6.24. The van der Waals surface area contributed by atoms with Gasteiger partial charge in [-0.05, 0) is 70.6 Å². The molecule has 0 bridgehead atoms. The minimum atomic E-state index is -0.840. The zero-order valence-corrected chi connectivity index (χ0v) is 40.5. The predicted molar refractivity (Wildman–Crippen MR) is 274 cm³/mol. The molecular formula is C58H88O6. The highest BCUT2D eigenvalue weighted by Crippen LogP contribution is 2.13. The Morgan fingerprint density at radius 2 is 0.719 bits per heavy atom. The van der Waals surface area contributed by atoms with Crippen LogP contribution < -0.4 is 0 Å². The molecule has 0 radical (unpaired) electrons. The molecule has 0 saturated carbocycles. The van der Waals surface area contributed by atoms with Crippen LogP contribution in [-0.2, 0) is 28.6 Å². The summed E-state index contributed by atoms with van der Waals surface area (Å²) in [7, 11) is 0. The molecule has 0 aliphatic rings. The Kier molecular flexibility index (Phi) is 47.2. The highest BCUT2D eigenvalue weighted by atomic mass is 16.6. The first-order valence-electron chi connectivity index (χ1n) is 24.9. The van der Waals surface area contributed by atoms with E-state index in [0.717, 1.165) is 77.0 Å². The van der Waals surface area contributed by atoms with Gasteiger partial charge in [-0.25, -0.2) is 0 Å². The van der Waals surface area contributed by atoms with Crippen molar-refractivity contribution >= 4 is 17.9 Å². The lowest BCUT2D eigenvalue weighted by Gasteiger charge is -2.18. The van der Waals surface area contributed by atoms with Gasteiger partial charge in [0.15, 0.2) is 6.10 Å². The summed E-state index contributed by atoms with van der Waals surface area (Å²) in [5.74, 6) is -1.07. The molecule has 0 heterocycles. The fourth-order valence-corrected chi connectivity index (χ4v) is 6.12. The quantitative estimate of drug-likeness (QED) is 0.0200. The Morgan fingerprint density at radius 1 is 0.344 bits per heavy atom. The average molecular weight is 881 g/mol. The van der Waals surface area contributed by atoms with Crippen molar-refractivity contribution in [3.05, 3.63) is 146 Å². The van der Waals surface area contributed by atoms with Gasteiger partial charge in [-0.15, -0.1) is 0 Å². The van der Waals surface area contributed by atoms with Gasteiger partial charge in [0.1, 0.15) is 13.2 Å². The van der Waals surface area contributed by atoms with Gasteiger partial charge in [0.2, 0.25) is 0 Å². The van der Waals surface area contributed by atoms with Crippen molar-refractivity contribution in [2.75, 3.05) is 13.2 Å². The second-order valence-corrected chi connectivity index (χ2v) is 15.8. The number of carbonyl (C=O) groups excluding carboxylic acids is 3. The van der Waals surface area contributed by atoms with E-state index >= 15 is 0 Å². The standard InChI is InChI=1S/C58H88O6/c1-4-7-10-13-16-19-22-24-26-28-29-30-32-33-36-39-42-45-48-51-57(60)63-54-55(53-62-56(59)50-47-44-41-38-35-21-18-15-12-9-6-3)64-58(61)52-49-46-43-40-37-34-31-27-25-23-20-17-14-11-8-5-2/h7-8,10-11,13,16-17,19-20,22,24-30,32-34,36-37,43,46,55H,4-6,9,12,14-15,18,21,23,31,35,38-42,44-45,47-54H2,1-3H3/b10-7-,11-8-,16-13-,20-17-,22-19-,26-24-,27-25-,29-28+,32-30-,36-33-,37-34-,46-43-.